The smallest absolute Gasteiger partial charge is 0.0861 e. The van der Waals surface area contributed by atoms with Crippen molar-refractivity contribution in [3.05, 3.63) is 0 Å². The second-order valence-corrected chi connectivity index (χ2v) is 2.33. The molecule has 0 N–H and O–H groups in total. The number of hydrogen-bond donors (Lipinski definition) is 0. The molecule has 0 saturated heterocycles. The third-order valence-corrected chi connectivity index (χ3v) is 1.27. The van der Waals surface area contributed by atoms with Crippen molar-refractivity contribution in [1.82, 2.24) is 0 Å². The number of ether oxygens (including phenoxy) is 1. The third kappa shape index (κ3) is 3.08. The number of hydrogen-bond acceptors (Lipinski definition) is 3. The van der Waals surface area contributed by atoms with Crippen LogP contribution < -0.4 is 5.11 Å². The molecule has 0 aromatic heterocycles. The molecule has 1 saturated carbocycles. The van der Waals surface area contributed by atoms with E-state index in [9.17, 15) is 9.90 Å². The molecular weight excluding hydrogens is 120 g/mol. The van der Waals surface area contributed by atoms with Crippen molar-refractivity contribution in [2.45, 2.75) is 12.8 Å². The maximum absolute atomic E-state index is 9.77. The number of carboxylic acids is 1. The zero-order valence-electron chi connectivity index (χ0n) is 5.13. The summed E-state index contributed by atoms with van der Waals surface area (Å²) in [5, 5.41) is 9.77. The molecule has 9 heavy (non-hydrogen) atoms. The minimum Gasteiger partial charge on any atom is -0.548 e. The van der Waals surface area contributed by atoms with E-state index in [1.807, 2.05) is 0 Å². The van der Waals surface area contributed by atoms with E-state index < -0.39 is 5.97 Å². The average Bonchev–Trinajstić information content (AvgIpc) is 2.48. The lowest BCUT2D eigenvalue weighted by Gasteiger charge is -2.01. The summed E-state index contributed by atoms with van der Waals surface area (Å²) < 4.78 is 4.76. The summed E-state index contributed by atoms with van der Waals surface area (Å²) in [7, 11) is 0. The van der Waals surface area contributed by atoms with Crippen molar-refractivity contribution in [3.63, 3.8) is 0 Å². The van der Waals surface area contributed by atoms with Crippen LogP contribution in [0.4, 0.5) is 0 Å². The van der Waals surface area contributed by atoms with Gasteiger partial charge in [-0.2, -0.15) is 0 Å². The van der Waals surface area contributed by atoms with Crippen LogP contribution in [0.15, 0.2) is 0 Å². The van der Waals surface area contributed by atoms with E-state index >= 15 is 0 Å². The van der Waals surface area contributed by atoms with Crippen LogP contribution in [0.1, 0.15) is 12.8 Å². The van der Waals surface area contributed by atoms with E-state index in [0.29, 0.717) is 12.5 Å². The highest BCUT2D eigenvalue weighted by Gasteiger charge is 2.20. The number of rotatable bonds is 4. The molecule has 0 spiro atoms. The van der Waals surface area contributed by atoms with Crippen molar-refractivity contribution in [1.29, 1.82) is 0 Å². The van der Waals surface area contributed by atoms with Crippen molar-refractivity contribution in [2.24, 2.45) is 5.92 Å². The van der Waals surface area contributed by atoms with Crippen molar-refractivity contribution in [3.8, 4) is 0 Å². The summed E-state index contributed by atoms with van der Waals surface area (Å²) in [6, 6.07) is 0. The van der Waals surface area contributed by atoms with Gasteiger partial charge in [0.1, 0.15) is 0 Å². The van der Waals surface area contributed by atoms with Crippen LogP contribution in [0.5, 0.6) is 0 Å². The fraction of sp³-hybridized carbons (Fsp3) is 0.833. The van der Waals surface area contributed by atoms with Gasteiger partial charge < -0.3 is 14.6 Å². The number of carbonyl (C=O) groups excluding carboxylic acids is 1. The molecule has 0 unspecified atom stereocenters. The second kappa shape index (κ2) is 2.82. The fourth-order valence-corrected chi connectivity index (χ4v) is 0.593. The molecule has 1 aliphatic carbocycles. The predicted molar refractivity (Wildman–Crippen MR) is 28.5 cm³/mol. The normalized spacial score (nSPS) is 17.8. The molecule has 52 valence electrons. The van der Waals surface area contributed by atoms with E-state index in [2.05, 4.69) is 0 Å². The van der Waals surface area contributed by atoms with Crippen molar-refractivity contribution in [2.75, 3.05) is 13.2 Å². The molecule has 1 fully saturated rings. The van der Waals surface area contributed by atoms with Crippen LogP contribution in [0.3, 0.4) is 0 Å². The van der Waals surface area contributed by atoms with Crippen LogP contribution in [-0.4, -0.2) is 19.2 Å². The Morgan fingerprint density at radius 3 is 2.78 bits per heavy atom. The molecule has 1 aliphatic rings. The van der Waals surface area contributed by atoms with Crippen LogP contribution in [-0.2, 0) is 9.53 Å². The molecule has 3 nitrogen and oxygen atoms in total. The highest BCUT2D eigenvalue weighted by atomic mass is 16.5. The topological polar surface area (TPSA) is 49.4 Å². The number of carbonyl (C=O) groups is 1. The lowest BCUT2D eigenvalue weighted by Crippen LogP contribution is -2.27. The zero-order valence-corrected chi connectivity index (χ0v) is 5.13. The van der Waals surface area contributed by atoms with Gasteiger partial charge in [0.05, 0.1) is 12.6 Å². The van der Waals surface area contributed by atoms with Gasteiger partial charge in [-0.3, -0.25) is 0 Å². The first-order chi connectivity index (χ1) is 4.29. The first kappa shape index (κ1) is 6.55. The molecule has 0 radical (unpaired) electrons. The van der Waals surface area contributed by atoms with Gasteiger partial charge in [-0.1, -0.05) is 0 Å². The Labute approximate surface area is 53.6 Å². The molecule has 0 atom stereocenters. The van der Waals surface area contributed by atoms with Gasteiger partial charge in [-0.25, -0.2) is 0 Å². The van der Waals surface area contributed by atoms with Gasteiger partial charge in [0.25, 0.3) is 0 Å². The molecule has 0 bridgehead atoms. The van der Waals surface area contributed by atoms with Gasteiger partial charge in [0.15, 0.2) is 0 Å². The van der Waals surface area contributed by atoms with Gasteiger partial charge in [0, 0.05) is 6.61 Å². The van der Waals surface area contributed by atoms with Crippen LogP contribution in [0.2, 0.25) is 0 Å². The monoisotopic (exact) mass is 129 g/mol. The Morgan fingerprint density at radius 2 is 2.33 bits per heavy atom. The molecule has 0 aliphatic heterocycles. The minimum absolute atomic E-state index is 0.253. The summed E-state index contributed by atoms with van der Waals surface area (Å²) in [5.41, 5.74) is 0. The average molecular weight is 129 g/mol. The molecule has 0 heterocycles. The van der Waals surface area contributed by atoms with Gasteiger partial charge in [-0.05, 0) is 18.8 Å². The van der Waals surface area contributed by atoms with Crippen molar-refractivity contribution >= 4 is 5.97 Å². The highest BCUT2D eigenvalue weighted by molar-refractivity contribution is 5.65. The lowest BCUT2D eigenvalue weighted by atomic mass is 10.5. The highest BCUT2D eigenvalue weighted by Crippen LogP contribution is 2.28. The minimum atomic E-state index is -1.13. The van der Waals surface area contributed by atoms with E-state index in [-0.39, 0.29) is 6.61 Å². The van der Waals surface area contributed by atoms with Gasteiger partial charge in [-0.15, -0.1) is 0 Å². The first-order valence-electron chi connectivity index (χ1n) is 3.06. The standard InChI is InChI=1S/C6H10O3/c7-6(8)4-9-3-5-1-2-5/h5H,1-4H2,(H,7,8)/p-1. The number of aliphatic carboxylic acids is 1. The lowest BCUT2D eigenvalue weighted by molar-refractivity contribution is -0.309. The third-order valence-electron chi connectivity index (χ3n) is 1.27. The molecule has 0 aromatic carbocycles. The van der Waals surface area contributed by atoms with E-state index in [4.69, 9.17) is 4.74 Å². The molecule has 3 heteroatoms. The Hall–Kier alpha value is -0.570. The maximum Gasteiger partial charge on any atom is 0.0861 e. The summed E-state index contributed by atoms with van der Waals surface area (Å²) in [5.74, 6) is -0.500. The van der Waals surface area contributed by atoms with Gasteiger partial charge in [0.2, 0.25) is 0 Å². The Balaban J connectivity index is 1.86. The molecular formula is C6H9O3-. The molecule has 0 aromatic rings. The quantitative estimate of drug-likeness (QED) is 0.497. The van der Waals surface area contributed by atoms with E-state index in [1.54, 1.807) is 0 Å². The Kier molecular flexibility index (Phi) is 2.05. The van der Waals surface area contributed by atoms with Gasteiger partial charge >= 0.3 is 0 Å². The summed E-state index contributed by atoms with van der Waals surface area (Å²) >= 11 is 0. The second-order valence-electron chi connectivity index (χ2n) is 2.33. The summed E-state index contributed by atoms with van der Waals surface area (Å²) in [6.45, 7) is 0.338. The zero-order chi connectivity index (χ0) is 6.69. The van der Waals surface area contributed by atoms with E-state index in [0.717, 1.165) is 0 Å². The molecule has 0 amide bonds. The van der Waals surface area contributed by atoms with E-state index in [1.165, 1.54) is 12.8 Å². The van der Waals surface area contributed by atoms with Crippen LogP contribution in [0.25, 0.3) is 0 Å². The fourth-order valence-electron chi connectivity index (χ4n) is 0.593. The first-order valence-corrected chi connectivity index (χ1v) is 3.06. The summed E-state index contributed by atoms with van der Waals surface area (Å²) in [4.78, 5) is 9.77. The Morgan fingerprint density at radius 1 is 1.67 bits per heavy atom. The Bertz CT molecular complexity index is 107. The van der Waals surface area contributed by atoms with Crippen molar-refractivity contribution < 1.29 is 14.6 Å². The van der Waals surface area contributed by atoms with Crippen LogP contribution in [0, 0.1) is 5.92 Å². The maximum atomic E-state index is 9.77. The predicted octanol–water partition coefficient (Wildman–Crippen LogP) is -0.837. The SMILES string of the molecule is O=C([O-])COCC1CC1. The van der Waals surface area contributed by atoms with Crippen LogP contribution >= 0.6 is 0 Å². The summed E-state index contributed by atoms with van der Waals surface area (Å²) in [6.07, 6.45) is 2.38. The number of carboxylic acid groups (broad SMARTS) is 1. The largest absolute Gasteiger partial charge is 0.548 e. The molecule has 1 rings (SSSR count).